The van der Waals surface area contributed by atoms with Crippen molar-refractivity contribution in [1.82, 2.24) is 4.98 Å². The first-order valence-electron chi connectivity index (χ1n) is 2.66. The fraction of sp³-hybridized carbons (Fsp3) is 0. The van der Waals surface area contributed by atoms with Crippen LogP contribution in [-0.4, -0.2) is 10.8 Å². The highest BCUT2D eigenvalue weighted by molar-refractivity contribution is 5.93. The van der Waals surface area contributed by atoms with Gasteiger partial charge < -0.3 is 5.73 Å². The van der Waals surface area contributed by atoms with Gasteiger partial charge in [0.05, 0.1) is 0 Å². The Bertz CT molecular complexity index is 264. The van der Waals surface area contributed by atoms with Gasteiger partial charge in [-0.25, -0.2) is 9.37 Å². The number of aromatic nitrogens is 1. The van der Waals surface area contributed by atoms with E-state index >= 15 is 0 Å². The minimum atomic E-state index is -0.560. The number of pyridine rings is 1. The molecule has 1 aromatic heterocycles. The lowest BCUT2D eigenvalue weighted by Crippen LogP contribution is -2.14. The first-order valence-corrected chi connectivity index (χ1v) is 2.66. The van der Waals surface area contributed by atoms with E-state index in [0.717, 1.165) is 0 Å². The van der Waals surface area contributed by atoms with E-state index in [4.69, 9.17) is 11.1 Å². The van der Waals surface area contributed by atoms with Crippen molar-refractivity contribution in [2.75, 3.05) is 0 Å². The lowest BCUT2D eigenvalue weighted by atomic mass is 10.3. The first-order chi connectivity index (χ1) is 4.72. The van der Waals surface area contributed by atoms with Gasteiger partial charge in [0.15, 0.2) is 5.82 Å². The van der Waals surface area contributed by atoms with Gasteiger partial charge in [-0.3, -0.25) is 5.41 Å². The Balaban J connectivity index is 0.000001000. The third-order valence-corrected chi connectivity index (χ3v) is 1.01. The summed E-state index contributed by atoms with van der Waals surface area (Å²) < 4.78 is 12.6. The van der Waals surface area contributed by atoms with E-state index < -0.39 is 5.82 Å². The van der Waals surface area contributed by atoms with E-state index in [1.54, 1.807) is 0 Å². The van der Waals surface area contributed by atoms with Crippen LogP contribution in [0.4, 0.5) is 4.39 Å². The number of hydrogen-bond donors (Lipinski definition) is 2. The molecule has 5 heteroatoms. The monoisotopic (exact) mass is 175 g/mol. The van der Waals surface area contributed by atoms with Crippen molar-refractivity contribution in [1.29, 1.82) is 5.41 Å². The van der Waals surface area contributed by atoms with E-state index in [0.29, 0.717) is 0 Å². The topological polar surface area (TPSA) is 62.8 Å². The molecule has 0 spiro atoms. The summed E-state index contributed by atoms with van der Waals surface area (Å²) in [5, 5.41) is 6.85. The minimum Gasteiger partial charge on any atom is -0.382 e. The summed E-state index contributed by atoms with van der Waals surface area (Å²) in [6.45, 7) is 0. The second kappa shape index (κ2) is 3.88. The summed E-state index contributed by atoms with van der Waals surface area (Å²) in [6.07, 6.45) is 1.39. The predicted molar refractivity (Wildman–Crippen MR) is 42.5 cm³/mol. The zero-order valence-electron chi connectivity index (χ0n) is 5.54. The molecule has 60 valence electrons. The predicted octanol–water partition coefficient (Wildman–Crippen LogP) is 0.927. The average Bonchev–Trinajstić information content (AvgIpc) is 1.88. The molecular formula is C6H7ClFN3. The van der Waals surface area contributed by atoms with E-state index in [1.165, 1.54) is 18.3 Å². The second-order valence-corrected chi connectivity index (χ2v) is 1.75. The van der Waals surface area contributed by atoms with Gasteiger partial charge in [-0.2, -0.15) is 0 Å². The van der Waals surface area contributed by atoms with Gasteiger partial charge >= 0.3 is 0 Å². The number of hydrogen-bond acceptors (Lipinski definition) is 2. The van der Waals surface area contributed by atoms with Crippen LogP contribution in [0.3, 0.4) is 0 Å². The van der Waals surface area contributed by atoms with Crippen LogP contribution in [0.2, 0.25) is 0 Å². The van der Waals surface area contributed by atoms with Gasteiger partial charge in [0.1, 0.15) is 11.5 Å². The van der Waals surface area contributed by atoms with Gasteiger partial charge in [0.25, 0.3) is 0 Å². The number of amidine groups is 1. The van der Waals surface area contributed by atoms with Crippen LogP contribution < -0.4 is 5.73 Å². The number of nitrogens with zero attached hydrogens (tertiary/aromatic N) is 1. The van der Waals surface area contributed by atoms with Crippen LogP contribution in [0.1, 0.15) is 5.69 Å². The molecular weight excluding hydrogens is 169 g/mol. The maximum absolute atomic E-state index is 12.6. The van der Waals surface area contributed by atoms with Crippen LogP contribution in [0.5, 0.6) is 0 Å². The molecule has 0 fully saturated rings. The summed E-state index contributed by atoms with van der Waals surface area (Å²) in [5.74, 6) is -0.909. The first kappa shape index (κ1) is 9.84. The Kier molecular flexibility index (Phi) is 3.47. The average molecular weight is 176 g/mol. The second-order valence-electron chi connectivity index (χ2n) is 1.75. The van der Waals surface area contributed by atoms with Crippen molar-refractivity contribution in [2.45, 2.75) is 0 Å². The zero-order valence-corrected chi connectivity index (χ0v) is 6.36. The summed E-state index contributed by atoms with van der Waals surface area (Å²) in [4.78, 5) is 3.55. The number of halogens is 2. The van der Waals surface area contributed by atoms with E-state index in [2.05, 4.69) is 4.98 Å². The molecule has 0 saturated heterocycles. The molecule has 0 aliphatic carbocycles. The molecule has 0 bridgehead atoms. The van der Waals surface area contributed by atoms with Crippen molar-refractivity contribution in [3.8, 4) is 0 Å². The fourth-order valence-electron chi connectivity index (χ4n) is 0.584. The smallest absolute Gasteiger partial charge is 0.152 e. The van der Waals surface area contributed by atoms with E-state index in [9.17, 15) is 4.39 Å². The summed E-state index contributed by atoms with van der Waals surface area (Å²) in [7, 11) is 0. The summed E-state index contributed by atoms with van der Waals surface area (Å²) in [5.41, 5.74) is 4.90. The Morgan fingerprint density at radius 3 is 2.64 bits per heavy atom. The van der Waals surface area contributed by atoms with E-state index in [1.807, 2.05) is 0 Å². The Morgan fingerprint density at radius 1 is 1.64 bits per heavy atom. The molecule has 1 rings (SSSR count). The minimum absolute atomic E-state index is 0. The number of nitrogen functional groups attached to an aromatic ring is 1. The van der Waals surface area contributed by atoms with E-state index in [-0.39, 0.29) is 23.9 Å². The highest BCUT2D eigenvalue weighted by Crippen LogP contribution is 1.99. The summed E-state index contributed by atoms with van der Waals surface area (Å²) in [6, 6.07) is 2.66. The molecule has 0 saturated carbocycles. The van der Waals surface area contributed by atoms with Crippen molar-refractivity contribution in [2.24, 2.45) is 5.73 Å². The highest BCUT2D eigenvalue weighted by atomic mass is 35.5. The fourth-order valence-corrected chi connectivity index (χ4v) is 0.584. The molecule has 0 aromatic carbocycles. The Hall–Kier alpha value is -1.16. The molecule has 11 heavy (non-hydrogen) atoms. The quantitative estimate of drug-likeness (QED) is 0.493. The van der Waals surface area contributed by atoms with Gasteiger partial charge in [-0.05, 0) is 12.1 Å². The van der Waals surface area contributed by atoms with Crippen LogP contribution in [0.15, 0.2) is 18.3 Å². The standard InChI is InChI=1S/C6H6FN3.ClH/c7-4-2-1-3-10-5(4)6(8)9;/h1-3H,(H3,8,9);1H. The zero-order chi connectivity index (χ0) is 7.56. The molecule has 3 nitrogen and oxygen atoms in total. The molecule has 0 aliphatic heterocycles. The van der Waals surface area contributed by atoms with Gasteiger partial charge in [-0.15, -0.1) is 12.4 Å². The molecule has 0 aliphatic rings. The number of nitrogens with one attached hydrogen (secondary N) is 1. The van der Waals surface area contributed by atoms with Crippen LogP contribution in [0.25, 0.3) is 0 Å². The molecule has 0 radical (unpaired) electrons. The lowest BCUT2D eigenvalue weighted by Gasteiger charge is -1.95. The number of nitrogens with two attached hydrogens (primary N) is 1. The molecule has 3 N–H and O–H groups in total. The third-order valence-electron chi connectivity index (χ3n) is 1.01. The molecule has 1 aromatic rings. The maximum Gasteiger partial charge on any atom is 0.152 e. The van der Waals surface area contributed by atoms with Gasteiger partial charge in [0, 0.05) is 6.20 Å². The maximum atomic E-state index is 12.6. The number of rotatable bonds is 1. The molecule has 0 amide bonds. The third kappa shape index (κ3) is 2.16. The Labute approximate surface area is 69.4 Å². The van der Waals surface area contributed by atoms with Gasteiger partial charge in [-0.1, -0.05) is 0 Å². The van der Waals surface area contributed by atoms with Crippen molar-refractivity contribution < 1.29 is 4.39 Å². The van der Waals surface area contributed by atoms with Crippen LogP contribution >= 0.6 is 12.4 Å². The normalized spacial score (nSPS) is 8.45. The SMILES string of the molecule is Cl.N=C(N)c1ncccc1F. The van der Waals surface area contributed by atoms with Crippen molar-refractivity contribution in [3.63, 3.8) is 0 Å². The van der Waals surface area contributed by atoms with Crippen LogP contribution in [0, 0.1) is 11.2 Å². The van der Waals surface area contributed by atoms with Crippen LogP contribution in [-0.2, 0) is 0 Å². The molecule has 1 heterocycles. The lowest BCUT2D eigenvalue weighted by molar-refractivity contribution is 0.617. The summed E-state index contributed by atoms with van der Waals surface area (Å²) >= 11 is 0. The largest absolute Gasteiger partial charge is 0.382 e. The highest BCUT2D eigenvalue weighted by Gasteiger charge is 2.02. The molecule has 0 unspecified atom stereocenters. The Morgan fingerprint density at radius 2 is 2.27 bits per heavy atom. The van der Waals surface area contributed by atoms with Crippen molar-refractivity contribution in [3.05, 3.63) is 29.8 Å². The van der Waals surface area contributed by atoms with Gasteiger partial charge in [0.2, 0.25) is 0 Å². The van der Waals surface area contributed by atoms with Crippen molar-refractivity contribution >= 4 is 18.2 Å². The molecule has 0 atom stereocenters.